The minimum atomic E-state index is 0.236. The van der Waals surface area contributed by atoms with E-state index in [1.807, 2.05) is 4.90 Å². The summed E-state index contributed by atoms with van der Waals surface area (Å²) in [5.74, 6) is 0.737. The fourth-order valence-corrected chi connectivity index (χ4v) is 2.32. The third-order valence-corrected chi connectivity index (χ3v) is 3.79. The molecule has 4 nitrogen and oxygen atoms in total. The van der Waals surface area contributed by atoms with Crippen molar-refractivity contribution in [2.24, 2.45) is 5.92 Å². The largest absolute Gasteiger partial charge is 0.326 e. The maximum Gasteiger partial charge on any atom is 0.237 e. The van der Waals surface area contributed by atoms with Gasteiger partial charge in [0, 0.05) is 12.6 Å². The fourth-order valence-electron chi connectivity index (χ4n) is 2.32. The molecule has 1 heterocycles. The van der Waals surface area contributed by atoms with Gasteiger partial charge in [0.05, 0.1) is 12.7 Å². The van der Waals surface area contributed by atoms with Gasteiger partial charge in [-0.25, -0.2) is 0 Å². The molecule has 0 spiro atoms. The summed E-state index contributed by atoms with van der Waals surface area (Å²) in [6, 6.07) is 0.600. The molecule has 0 aromatic heterocycles. The Hall–Kier alpha value is -0.610. The van der Waals surface area contributed by atoms with Crippen LogP contribution in [0.5, 0.6) is 0 Å². The van der Waals surface area contributed by atoms with E-state index in [9.17, 15) is 4.79 Å². The summed E-state index contributed by atoms with van der Waals surface area (Å²) in [4.78, 5) is 16.1. The number of hydrogen-bond donors (Lipinski definition) is 1. The topological polar surface area (TPSA) is 35.6 Å². The number of nitrogens with one attached hydrogen (secondary N) is 1. The van der Waals surface area contributed by atoms with Crippen LogP contribution < -0.4 is 5.32 Å². The molecule has 0 bridgehead atoms. The summed E-state index contributed by atoms with van der Waals surface area (Å²) in [7, 11) is 2.16. The maximum atomic E-state index is 11.8. The van der Waals surface area contributed by atoms with E-state index in [1.165, 1.54) is 0 Å². The molecule has 1 atom stereocenters. The van der Waals surface area contributed by atoms with Crippen LogP contribution in [0.2, 0.25) is 0 Å². The SMILES string of the molecule is CC(C)C1NCC(=O)N1CCCCN(C)C(C)C. The van der Waals surface area contributed by atoms with E-state index in [-0.39, 0.29) is 12.1 Å². The number of carbonyl (C=O) groups is 1. The van der Waals surface area contributed by atoms with E-state index >= 15 is 0 Å². The summed E-state index contributed by atoms with van der Waals surface area (Å²) in [5.41, 5.74) is 0. The number of carbonyl (C=O) groups excluding carboxylic acids is 1. The number of nitrogens with zero attached hydrogens (tertiary/aromatic N) is 2. The second kappa shape index (κ2) is 7.10. The lowest BCUT2D eigenvalue weighted by molar-refractivity contribution is -0.128. The number of unbranched alkanes of at least 4 members (excludes halogenated alkanes) is 1. The first-order chi connectivity index (χ1) is 8.43. The fraction of sp³-hybridized carbons (Fsp3) is 0.929. The summed E-state index contributed by atoms with van der Waals surface area (Å²) < 4.78 is 0. The number of rotatable bonds is 7. The summed E-state index contributed by atoms with van der Waals surface area (Å²) in [5, 5.41) is 3.29. The first-order valence-electron chi connectivity index (χ1n) is 7.16. The van der Waals surface area contributed by atoms with Gasteiger partial charge in [0.1, 0.15) is 0 Å². The molecule has 1 amide bonds. The van der Waals surface area contributed by atoms with E-state index in [4.69, 9.17) is 0 Å². The molecular formula is C14H29N3O. The summed E-state index contributed by atoms with van der Waals surface area (Å²) >= 11 is 0. The Morgan fingerprint density at radius 1 is 1.33 bits per heavy atom. The van der Waals surface area contributed by atoms with Crippen LogP contribution in [0.25, 0.3) is 0 Å². The van der Waals surface area contributed by atoms with Gasteiger partial charge in [0.15, 0.2) is 0 Å². The van der Waals surface area contributed by atoms with Gasteiger partial charge in [-0.2, -0.15) is 0 Å². The van der Waals surface area contributed by atoms with Crippen molar-refractivity contribution in [2.45, 2.75) is 52.7 Å². The third kappa shape index (κ3) is 4.25. The minimum Gasteiger partial charge on any atom is -0.326 e. The second-order valence-electron chi connectivity index (χ2n) is 5.94. The monoisotopic (exact) mass is 255 g/mol. The van der Waals surface area contributed by atoms with Crippen molar-refractivity contribution in [3.8, 4) is 0 Å². The van der Waals surface area contributed by atoms with Gasteiger partial charge in [-0.15, -0.1) is 0 Å². The standard InChI is InChI=1S/C14H29N3O/c1-11(2)14-15-10-13(18)17(14)9-7-6-8-16(5)12(3)4/h11-12,14-15H,6-10H2,1-5H3. The Bertz CT molecular complexity index is 266. The second-order valence-corrected chi connectivity index (χ2v) is 5.94. The molecule has 0 aromatic rings. The van der Waals surface area contributed by atoms with Crippen LogP contribution in [0.3, 0.4) is 0 Å². The highest BCUT2D eigenvalue weighted by Gasteiger charge is 2.31. The predicted octanol–water partition coefficient (Wildman–Crippen LogP) is 1.52. The lowest BCUT2D eigenvalue weighted by atomic mass is 10.1. The average molecular weight is 255 g/mol. The first kappa shape index (κ1) is 15.4. The minimum absolute atomic E-state index is 0.236. The Balaban J connectivity index is 2.27. The molecule has 1 aliphatic heterocycles. The number of hydrogen-bond acceptors (Lipinski definition) is 3. The molecule has 0 aromatic carbocycles. The highest BCUT2D eigenvalue weighted by molar-refractivity contribution is 5.80. The van der Waals surface area contributed by atoms with Crippen LogP contribution in [0, 0.1) is 5.92 Å². The zero-order valence-electron chi connectivity index (χ0n) is 12.6. The van der Waals surface area contributed by atoms with Gasteiger partial charge in [0.25, 0.3) is 0 Å². The Kier molecular flexibility index (Phi) is 6.09. The van der Waals surface area contributed by atoms with Crippen LogP contribution in [0.1, 0.15) is 40.5 Å². The Morgan fingerprint density at radius 3 is 2.56 bits per heavy atom. The Morgan fingerprint density at radius 2 is 2.00 bits per heavy atom. The van der Waals surface area contributed by atoms with Gasteiger partial charge in [-0.3, -0.25) is 10.1 Å². The molecule has 1 aliphatic rings. The molecule has 1 fully saturated rings. The van der Waals surface area contributed by atoms with E-state index < -0.39 is 0 Å². The molecule has 4 heteroatoms. The smallest absolute Gasteiger partial charge is 0.237 e. The molecule has 1 rings (SSSR count). The normalized spacial score (nSPS) is 20.8. The van der Waals surface area contributed by atoms with E-state index in [2.05, 4.69) is 45.0 Å². The van der Waals surface area contributed by atoms with E-state index in [0.29, 0.717) is 18.5 Å². The Labute approximate surface area is 112 Å². The zero-order valence-corrected chi connectivity index (χ0v) is 12.6. The summed E-state index contributed by atoms with van der Waals surface area (Å²) in [6.07, 6.45) is 2.48. The van der Waals surface area contributed by atoms with Crippen molar-refractivity contribution >= 4 is 5.91 Å². The van der Waals surface area contributed by atoms with Crippen LogP contribution in [-0.4, -0.2) is 54.6 Å². The molecule has 106 valence electrons. The lowest BCUT2D eigenvalue weighted by Crippen LogP contribution is -2.42. The molecule has 0 saturated carbocycles. The lowest BCUT2D eigenvalue weighted by Gasteiger charge is -2.28. The van der Waals surface area contributed by atoms with Gasteiger partial charge in [0.2, 0.25) is 5.91 Å². The third-order valence-electron chi connectivity index (χ3n) is 3.79. The van der Waals surface area contributed by atoms with Gasteiger partial charge < -0.3 is 9.80 Å². The highest BCUT2D eigenvalue weighted by Crippen LogP contribution is 2.14. The average Bonchev–Trinajstić information content (AvgIpc) is 2.66. The van der Waals surface area contributed by atoms with Crippen LogP contribution in [-0.2, 0) is 4.79 Å². The molecule has 1 saturated heterocycles. The molecule has 18 heavy (non-hydrogen) atoms. The predicted molar refractivity (Wildman–Crippen MR) is 75.3 cm³/mol. The van der Waals surface area contributed by atoms with Crippen LogP contribution >= 0.6 is 0 Å². The van der Waals surface area contributed by atoms with Crippen molar-refractivity contribution in [3.05, 3.63) is 0 Å². The molecule has 0 aliphatic carbocycles. The molecule has 0 radical (unpaired) electrons. The van der Waals surface area contributed by atoms with Crippen molar-refractivity contribution < 1.29 is 4.79 Å². The first-order valence-corrected chi connectivity index (χ1v) is 7.16. The zero-order chi connectivity index (χ0) is 13.7. The van der Waals surface area contributed by atoms with Crippen LogP contribution in [0.15, 0.2) is 0 Å². The summed E-state index contributed by atoms with van der Waals surface area (Å²) in [6.45, 7) is 11.3. The maximum absolute atomic E-state index is 11.8. The quantitative estimate of drug-likeness (QED) is 0.701. The molecular weight excluding hydrogens is 226 g/mol. The number of amides is 1. The van der Waals surface area contributed by atoms with Crippen LogP contribution in [0.4, 0.5) is 0 Å². The van der Waals surface area contributed by atoms with Gasteiger partial charge in [-0.1, -0.05) is 13.8 Å². The molecule has 1 unspecified atom stereocenters. The van der Waals surface area contributed by atoms with E-state index in [0.717, 1.165) is 25.9 Å². The van der Waals surface area contributed by atoms with Crippen molar-refractivity contribution in [3.63, 3.8) is 0 Å². The molecule has 1 N–H and O–H groups in total. The van der Waals surface area contributed by atoms with Crippen molar-refractivity contribution in [1.29, 1.82) is 0 Å². The van der Waals surface area contributed by atoms with E-state index in [1.54, 1.807) is 0 Å². The van der Waals surface area contributed by atoms with Gasteiger partial charge >= 0.3 is 0 Å². The van der Waals surface area contributed by atoms with Gasteiger partial charge in [-0.05, 0) is 46.2 Å². The highest BCUT2D eigenvalue weighted by atomic mass is 16.2. The van der Waals surface area contributed by atoms with Crippen molar-refractivity contribution in [2.75, 3.05) is 26.7 Å². The van der Waals surface area contributed by atoms with Crippen molar-refractivity contribution in [1.82, 2.24) is 15.1 Å².